The van der Waals surface area contributed by atoms with Crippen molar-refractivity contribution in [3.05, 3.63) is 35.1 Å². The first kappa shape index (κ1) is 12.1. The second-order valence-electron chi connectivity index (χ2n) is 3.01. The molecule has 1 rings (SSSR count). The molecule has 0 aliphatic heterocycles. The molecule has 0 fully saturated rings. The van der Waals surface area contributed by atoms with Gasteiger partial charge in [0.05, 0.1) is 11.8 Å². The highest BCUT2D eigenvalue weighted by Gasteiger charge is 2.13. The zero-order chi connectivity index (χ0) is 12.3. The number of benzene rings is 1. The summed E-state index contributed by atoms with van der Waals surface area (Å²) < 4.78 is 36.1. The molecule has 0 saturated heterocycles. The Kier molecular flexibility index (Phi) is 3.25. The Morgan fingerprint density at radius 1 is 1.50 bits per heavy atom. The van der Waals surface area contributed by atoms with Gasteiger partial charge in [0.15, 0.2) is 0 Å². The van der Waals surface area contributed by atoms with Crippen molar-refractivity contribution in [3.63, 3.8) is 0 Å². The summed E-state index contributed by atoms with van der Waals surface area (Å²) >= 11 is 0. The van der Waals surface area contributed by atoms with Gasteiger partial charge >= 0.3 is 0 Å². The van der Waals surface area contributed by atoms with Crippen molar-refractivity contribution in [2.45, 2.75) is 0 Å². The van der Waals surface area contributed by atoms with Gasteiger partial charge in [-0.25, -0.2) is 17.5 Å². The Bertz CT molecular complexity index is 575. The number of hydrogen-bond donors (Lipinski definition) is 1. The first-order chi connectivity index (χ1) is 7.33. The Morgan fingerprint density at radius 3 is 2.62 bits per heavy atom. The second kappa shape index (κ2) is 4.28. The van der Waals surface area contributed by atoms with E-state index in [0.29, 0.717) is 0 Å². The monoisotopic (exact) mass is 242 g/mol. The van der Waals surface area contributed by atoms with Crippen molar-refractivity contribution in [1.29, 1.82) is 5.26 Å². The fraction of sp³-hybridized carbons (Fsp3) is 0.111. The minimum Gasteiger partial charge on any atom is -0.268 e. The van der Waals surface area contributed by atoms with Crippen LogP contribution in [0.15, 0.2) is 18.2 Å². The number of sulfonamides is 1. The van der Waals surface area contributed by atoms with Gasteiger partial charge in [0.25, 0.3) is 5.91 Å². The third-order valence-corrected chi connectivity index (χ3v) is 2.18. The van der Waals surface area contributed by atoms with E-state index in [1.54, 1.807) is 10.8 Å². The van der Waals surface area contributed by atoms with Crippen LogP contribution < -0.4 is 4.72 Å². The number of hydrogen-bond acceptors (Lipinski definition) is 4. The van der Waals surface area contributed by atoms with Gasteiger partial charge in [-0.3, -0.25) is 4.79 Å². The van der Waals surface area contributed by atoms with Crippen molar-refractivity contribution in [2.24, 2.45) is 0 Å². The number of nitrogens with one attached hydrogen (secondary N) is 1. The average Bonchev–Trinajstić information content (AvgIpc) is 2.15. The average molecular weight is 242 g/mol. The van der Waals surface area contributed by atoms with Crippen LogP contribution in [0, 0.1) is 17.1 Å². The molecule has 84 valence electrons. The standard InChI is InChI=1S/C9H7FN2O3S/c1-16(14,15)12-9(13)6-2-3-8(10)7(4-6)5-11/h2-4H,1H3,(H,12,13). The van der Waals surface area contributed by atoms with E-state index in [4.69, 9.17) is 5.26 Å². The molecule has 0 spiro atoms. The number of amides is 1. The van der Waals surface area contributed by atoms with E-state index in [-0.39, 0.29) is 11.1 Å². The maximum Gasteiger partial charge on any atom is 0.264 e. The molecule has 1 amide bonds. The Labute approximate surface area is 91.6 Å². The quantitative estimate of drug-likeness (QED) is 0.812. The molecule has 1 aromatic carbocycles. The molecule has 0 atom stereocenters. The lowest BCUT2D eigenvalue weighted by atomic mass is 10.1. The van der Waals surface area contributed by atoms with Gasteiger partial charge < -0.3 is 0 Å². The summed E-state index contributed by atoms with van der Waals surface area (Å²) in [6.07, 6.45) is 0.819. The van der Waals surface area contributed by atoms with E-state index in [1.807, 2.05) is 0 Å². The Morgan fingerprint density at radius 2 is 2.12 bits per heavy atom. The number of carbonyl (C=O) groups is 1. The molecule has 0 aliphatic carbocycles. The van der Waals surface area contributed by atoms with Crippen molar-refractivity contribution in [2.75, 3.05) is 6.26 Å². The molecule has 1 N–H and O–H groups in total. The van der Waals surface area contributed by atoms with Gasteiger partial charge in [0, 0.05) is 5.56 Å². The van der Waals surface area contributed by atoms with Crippen molar-refractivity contribution >= 4 is 15.9 Å². The van der Waals surface area contributed by atoms with E-state index < -0.39 is 21.7 Å². The van der Waals surface area contributed by atoms with Crippen molar-refractivity contribution in [3.8, 4) is 6.07 Å². The fourth-order valence-corrected chi connectivity index (χ4v) is 1.43. The van der Waals surface area contributed by atoms with E-state index >= 15 is 0 Å². The zero-order valence-electron chi connectivity index (χ0n) is 8.19. The largest absolute Gasteiger partial charge is 0.268 e. The number of rotatable bonds is 2. The van der Waals surface area contributed by atoms with Gasteiger partial charge in [0.1, 0.15) is 11.9 Å². The molecule has 7 heteroatoms. The van der Waals surface area contributed by atoms with Gasteiger partial charge in [-0.05, 0) is 18.2 Å². The third kappa shape index (κ3) is 3.03. The van der Waals surface area contributed by atoms with Gasteiger partial charge in [-0.2, -0.15) is 5.26 Å². The molecular formula is C9H7FN2O3S. The highest BCUT2D eigenvalue weighted by molar-refractivity contribution is 7.89. The Balaban J connectivity index is 3.08. The maximum atomic E-state index is 12.9. The molecule has 0 aliphatic rings. The maximum absolute atomic E-state index is 12.9. The van der Waals surface area contributed by atoms with Gasteiger partial charge in [-0.15, -0.1) is 0 Å². The van der Waals surface area contributed by atoms with E-state index in [0.717, 1.165) is 24.5 Å². The predicted octanol–water partition coefficient (Wildman–Crippen LogP) is 0.387. The van der Waals surface area contributed by atoms with Crippen LogP contribution in [0.2, 0.25) is 0 Å². The summed E-state index contributed by atoms with van der Waals surface area (Å²) in [4.78, 5) is 11.3. The number of nitrogens with zero attached hydrogens (tertiary/aromatic N) is 1. The van der Waals surface area contributed by atoms with Crippen LogP contribution >= 0.6 is 0 Å². The van der Waals surface area contributed by atoms with Gasteiger partial charge in [0.2, 0.25) is 10.0 Å². The fourth-order valence-electron chi connectivity index (χ4n) is 0.980. The lowest BCUT2D eigenvalue weighted by Crippen LogP contribution is -2.29. The van der Waals surface area contributed by atoms with Crippen LogP contribution in [-0.2, 0) is 10.0 Å². The molecule has 5 nitrogen and oxygen atoms in total. The molecule has 16 heavy (non-hydrogen) atoms. The first-order valence-corrected chi connectivity index (χ1v) is 5.94. The smallest absolute Gasteiger partial charge is 0.264 e. The lowest BCUT2D eigenvalue weighted by Gasteiger charge is -2.02. The van der Waals surface area contributed by atoms with Crippen LogP contribution in [0.3, 0.4) is 0 Å². The molecule has 1 aromatic rings. The van der Waals surface area contributed by atoms with Crippen LogP contribution in [0.4, 0.5) is 4.39 Å². The number of nitriles is 1. The summed E-state index contributed by atoms with van der Waals surface area (Å²) in [5.41, 5.74) is -0.412. The molecule has 0 heterocycles. The summed E-state index contributed by atoms with van der Waals surface area (Å²) in [7, 11) is -3.68. The third-order valence-electron chi connectivity index (χ3n) is 1.63. The first-order valence-electron chi connectivity index (χ1n) is 4.05. The summed E-state index contributed by atoms with van der Waals surface area (Å²) in [6.45, 7) is 0. The normalized spacial score (nSPS) is 10.6. The van der Waals surface area contributed by atoms with Crippen LogP contribution in [-0.4, -0.2) is 20.6 Å². The topological polar surface area (TPSA) is 87.0 Å². The van der Waals surface area contributed by atoms with Crippen LogP contribution in [0.1, 0.15) is 15.9 Å². The number of carbonyl (C=O) groups excluding carboxylic acids is 1. The molecule has 0 bridgehead atoms. The zero-order valence-corrected chi connectivity index (χ0v) is 9.01. The molecule has 0 saturated carbocycles. The lowest BCUT2D eigenvalue weighted by molar-refractivity contribution is 0.0981. The summed E-state index contributed by atoms with van der Waals surface area (Å²) in [5, 5.41) is 8.52. The SMILES string of the molecule is CS(=O)(=O)NC(=O)c1ccc(F)c(C#N)c1. The van der Waals surface area contributed by atoms with E-state index in [9.17, 15) is 17.6 Å². The van der Waals surface area contributed by atoms with Gasteiger partial charge in [-0.1, -0.05) is 0 Å². The van der Waals surface area contributed by atoms with E-state index in [2.05, 4.69) is 0 Å². The summed E-state index contributed by atoms with van der Waals surface area (Å²) in [5.74, 6) is -1.67. The predicted molar refractivity (Wildman–Crippen MR) is 53.4 cm³/mol. The van der Waals surface area contributed by atoms with Crippen molar-refractivity contribution < 1.29 is 17.6 Å². The minimum atomic E-state index is -3.68. The van der Waals surface area contributed by atoms with Crippen LogP contribution in [0.25, 0.3) is 0 Å². The van der Waals surface area contributed by atoms with Crippen molar-refractivity contribution in [1.82, 2.24) is 4.72 Å². The highest BCUT2D eigenvalue weighted by Crippen LogP contribution is 2.09. The molecule has 0 radical (unpaired) electrons. The Hall–Kier alpha value is -1.94. The molecule has 0 unspecified atom stereocenters. The molecular weight excluding hydrogens is 235 g/mol. The second-order valence-corrected chi connectivity index (χ2v) is 4.76. The van der Waals surface area contributed by atoms with Crippen LogP contribution in [0.5, 0.6) is 0 Å². The minimum absolute atomic E-state index is 0.0941. The molecule has 0 aromatic heterocycles. The van der Waals surface area contributed by atoms with E-state index in [1.165, 1.54) is 0 Å². The number of halogens is 1. The highest BCUT2D eigenvalue weighted by atomic mass is 32.2. The summed E-state index contributed by atoms with van der Waals surface area (Å²) in [6, 6.07) is 4.55.